The number of rotatable bonds is 3. The minimum absolute atomic E-state index is 0.0342. The Morgan fingerprint density at radius 3 is 2.75 bits per heavy atom. The Bertz CT molecular complexity index is 502. The third-order valence-corrected chi connectivity index (χ3v) is 2.79. The fraction of sp³-hybridized carbons (Fsp3) is 0.0909. The van der Waals surface area contributed by atoms with Crippen molar-refractivity contribution in [3.63, 3.8) is 0 Å². The fourth-order valence-electron chi connectivity index (χ4n) is 1.13. The summed E-state index contributed by atoms with van der Waals surface area (Å²) in [7, 11) is 0. The molecule has 2 heterocycles. The number of carbonyl (C=O) groups excluding carboxylic acids is 1. The molecule has 0 fully saturated rings. The van der Waals surface area contributed by atoms with Crippen molar-refractivity contribution in [3.05, 3.63) is 42.5 Å². The van der Waals surface area contributed by atoms with Crippen LogP contribution < -0.4 is 0 Å². The zero-order valence-electron chi connectivity index (χ0n) is 8.62. The van der Waals surface area contributed by atoms with Crippen molar-refractivity contribution < 1.29 is 4.79 Å². The van der Waals surface area contributed by atoms with E-state index < -0.39 is 0 Å². The highest BCUT2D eigenvalue weighted by molar-refractivity contribution is 7.99. The van der Waals surface area contributed by atoms with Gasteiger partial charge in [-0.25, -0.2) is 15.0 Å². The molecule has 0 N–H and O–H groups in total. The molecule has 0 unspecified atom stereocenters. The number of aromatic nitrogens is 3. The lowest BCUT2D eigenvalue weighted by molar-refractivity contribution is 0.101. The van der Waals surface area contributed by atoms with Gasteiger partial charge in [-0.15, -0.1) is 0 Å². The third-order valence-electron chi connectivity index (χ3n) is 1.91. The van der Waals surface area contributed by atoms with Crippen molar-refractivity contribution in [3.8, 4) is 0 Å². The molecule has 0 atom stereocenters. The molecule has 0 bridgehead atoms. The maximum absolute atomic E-state index is 11.2. The van der Waals surface area contributed by atoms with Crippen LogP contribution in [-0.4, -0.2) is 20.7 Å². The van der Waals surface area contributed by atoms with Crippen LogP contribution in [0.2, 0.25) is 0 Å². The summed E-state index contributed by atoms with van der Waals surface area (Å²) in [6, 6.07) is 5.26. The Kier molecular flexibility index (Phi) is 3.26. The van der Waals surface area contributed by atoms with Gasteiger partial charge in [-0.1, -0.05) is 0 Å². The average molecular weight is 231 g/mol. The second-order valence-corrected chi connectivity index (χ2v) is 4.13. The molecule has 0 aliphatic heterocycles. The Balaban J connectivity index is 2.22. The van der Waals surface area contributed by atoms with Crippen LogP contribution in [0.4, 0.5) is 0 Å². The van der Waals surface area contributed by atoms with Gasteiger partial charge in [0.05, 0.1) is 0 Å². The summed E-state index contributed by atoms with van der Waals surface area (Å²) < 4.78 is 0. The third kappa shape index (κ3) is 2.64. The van der Waals surface area contributed by atoms with Gasteiger partial charge in [0, 0.05) is 18.0 Å². The molecule has 2 aromatic rings. The summed E-state index contributed by atoms with van der Waals surface area (Å²) >= 11 is 1.40. The standard InChI is InChI=1S/C11H9N3OS/c1-8(15)9-2-5-13-11(6-9)16-10-3-4-12-7-14-10/h2-7H,1H3. The highest BCUT2D eigenvalue weighted by atomic mass is 32.2. The van der Waals surface area contributed by atoms with Crippen molar-refractivity contribution in [1.82, 2.24) is 15.0 Å². The molecule has 4 nitrogen and oxygen atoms in total. The topological polar surface area (TPSA) is 55.7 Å². The molecule has 80 valence electrons. The van der Waals surface area contributed by atoms with Crippen molar-refractivity contribution in [2.24, 2.45) is 0 Å². The van der Waals surface area contributed by atoms with Crippen molar-refractivity contribution in [1.29, 1.82) is 0 Å². The molecule has 0 spiro atoms. The van der Waals surface area contributed by atoms with Gasteiger partial charge < -0.3 is 0 Å². The molecule has 16 heavy (non-hydrogen) atoms. The lowest BCUT2D eigenvalue weighted by Crippen LogP contribution is -1.93. The summed E-state index contributed by atoms with van der Waals surface area (Å²) in [4.78, 5) is 23.3. The average Bonchev–Trinajstić information content (AvgIpc) is 2.30. The van der Waals surface area contributed by atoms with E-state index in [1.54, 1.807) is 30.6 Å². The van der Waals surface area contributed by atoms with Gasteiger partial charge in [0.1, 0.15) is 16.4 Å². The zero-order valence-corrected chi connectivity index (χ0v) is 9.44. The van der Waals surface area contributed by atoms with Crippen LogP contribution in [-0.2, 0) is 0 Å². The summed E-state index contributed by atoms with van der Waals surface area (Å²) in [5.74, 6) is 0.0342. The minimum Gasteiger partial charge on any atom is -0.295 e. The van der Waals surface area contributed by atoms with Gasteiger partial charge in [-0.3, -0.25) is 4.79 Å². The predicted octanol–water partition coefficient (Wildman–Crippen LogP) is 2.23. The van der Waals surface area contributed by atoms with Crippen LogP contribution in [0.1, 0.15) is 17.3 Å². The molecule has 5 heteroatoms. The second-order valence-electron chi connectivity index (χ2n) is 3.09. The zero-order chi connectivity index (χ0) is 11.4. The van der Waals surface area contributed by atoms with Gasteiger partial charge in [-0.2, -0.15) is 0 Å². The summed E-state index contributed by atoms with van der Waals surface area (Å²) in [5, 5.41) is 1.56. The summed E-state index contributed by atoms with van der Waals surface area (Å²) in [6.07, 6.45) is 4.78. The van der Waals surface area contributed by atoms with Crippen LogP contribution in [0, 0.1) is 0 Å². The Morgan fingerprint density at radius 2 is 2.06 bits per heavy atom. The largest absolute Gasteiger partial charge is 0.295 e. The SMILES string of the molecule is CC(=O)c1ccnc(Sc2ccncn2)c1. The maximum Gasteiger partial charge on any atom is 0.159 e. The number of hydrogen-bond donors (Lipinski definition) is 0. The molecule has 0 aromatic carbocycles. The van der Waals surface area contributed by atoms with Crippen molar-refractivity contribution in [2.45, 2.75) is 17.0 Å². The molecular weight excluding hydrogens is 222 g/mol. The van der Waals surface area contributed by atoms with Crippen LogP contribution in [0.25, 0.3) is 0 Å². The van der Waals surface area contributed by atoms with E-state index in [1.807, 2.05) is 0 Å². The number of nitrogens with zero attached hydrogens (tertiary/aromatic N) is 3. The molecular formula is C11H9N3OS. The molecule has 0 radical (unpaired) electrons. The highest BCUT2D eigenvalue weighted by Gasteiger charge is 2.03. The number of Topliss-reactive ketones (excluding diaryl/α,β-unsaturated/α-hetero) is 1. The van der Waals surface area contributed by atoms with Gasteiger partial charge in [0.25, 0.3) is 0 Å². The Morgan fingerprint density at radius 1 is 1.19 bits per heavy atom. The van der Waals surface area contributed by atoms with Gasteiger partial charge in [-0.05, 0) is 36.9 Å². The van der Waals surface area contributed by atoms with E-state index in [-0.39, 0.29) is 5.78 Å². The summed E-state index contributed by atoms with van der Waals surface area (Å²) in [5.41, 5.74) is 0.659. The number of pyridine rings is 1. The Labute approximate surface area is 97.2 Å². The molecule has 0 saturated heterocycles. The maximum atomic E-state index is 11.2. The van der Waals surface area contributed by atoms with E-state index in [2.05, 4.69) is 15.0 Å². The monoisotopic (exact) mass is 231 g/mol. The van der Waals surface area contributed by atoms with E-state index in [0.717, 1.165) is 10.1 Å². The first-order chi connectivity index (χ1) is 7.75. The fourth-order valence-corrected chi connectivity index (χ4v) is 1.87. The van der Waals surface area contributed by atoms with Gasteiger partial charge >= 0.3 is 0 Å². The van der Waals surface area contributed by atoms with E-state index in [0.29, 0.717) is 5.56 Å². The molecule has 2 rings (SSSR count). The molecule has 2 aromatic heterocycles. The normalized spacial score (nSPS) is 10.1. The van der Waals surface area contributed by atoms with Gasteiger partial charge in [0.2, 0.25) is 0 Å². The number of ketones is 1. The van der Waals surface area contributed by atoms with E-state index in [9.17, 15) is 4.79 Å². The highest BCUT2D eigenvalue weighted by Crippen LogP contribution is 2.23. The first kappa shape index (κ1) is 10.8. The lowest BCUT2D eigenvalue weighted by Gasteiger charge is -2.00. The number of carbonyl (C=O) groups is 1. The minimum atomic E-state index is 0.0342. The molecule has 0 amide bonds. The van der Waals surface area contributed by atoms with Gasteiger partial charge in [0.15, 0.2) is 5.78 Å². The first-order valence-corrected chi connectivity index (χ1v) is 5.48. The van der Waals surface area contributed by atoms with E-state index in [1.165, 1.54) is 25.0 Å². The smallest absolute Gasteiger partial charge is 0.159 e. The molecule has 0 saturated carbocycles. The predicted molar refractivity (Wildman–Crippen MR) is 60.4 cm³/mol. The molecule has 0 aliphatic rings. The number of hydrogen-bond acceptors (Lipinski definition) is 5. The molecule has 0 aliphatic carbocycles. The lowest BCUT2D eigenvalue weighted by atomic mass is 10.2. The second kappa shape index (κ2) is 4.85. The van der Waals surface area contributed by atoms with Crippen LogP contribution in [0.3, 0.4) is 0 Å². The van der Waals surface area contributed by atoms with Crippen molar-refractivity contribution >= 4 is 17.5 Å². The first-order valence-electron chi connectivity index (χ1n) is 4.66. The van der Waals surface area contributed by atoms with Crippen LogP contribution in [0.15, 0.2) is 47.0 Å². The Hall–Kier alpha value is -1.75. The van der Waals surface area contributed by atoms with Crippen LogP contribution in [0.5, 0.6) is 0 Å². The van der Waals surface area contributed by atoms with E-state index in [4.69, 9.17) is 0 Å². The summed E-state index contributed by atoms with van der Waals surface area (Å²) in [6.45, 7) is 1.54. The quantitative estimate of drug-likeness (QED) is 0.599. The van der Waals surface area contributed by atoms with E-state index >= 15 is 0 Å². The van der Waals surface area contributed by atoms with Crippen molar-refractivity contribution in [2.75, 3.05) is 0 Å². The van der Waals surface area contributed by atoms with Crippen LogP contribution >= 0.6 is 11.8 Å².